The molecule has 0 radical (unpaired) electrons. The molecule has 2 aromatic rings. The fourth-order valence-corrected chi connectivity index (χ4v) is 6.99. The number of nitrogens with one attached hydrogen (secondary N) is 1. The highest BCUT2D eigenvalue weighted by molar-refractivity contribution is 7.89. The summed E-state index contributed by atoms with van der Waals surface area (Å²) in [6.07, 6.45) is -3.78. The van der Waals surface area contributed by atoms with Crippen LogP contribution < -0.4 is 11.1 Å². The minimum Gasteiger partial charge on any atom is -0.378 e. The Hall–Kier alpha value is -2.18. The zero-order chi connectivity index (χ0) is 27.5. The maximum absolute atomic E-state index is 13.6. The Morgan fingerprint density at radius 3 is 2.47 bits per heavy atom. The van der Waals surface area contributed by atoms with Crippen molar-refractivity contribution in [3.8, 4) is 0 Å². The predicted octanol–water partition coefficient (Wildman–Crippen LogP) is 4.25. The van der Waals surface area contributed by atoms with Crippen LogP contribution in [0, 0.1) is 5.92 Å². The molecule has 0 bridgehead atoms. The summed E-state index contributed by atoms with van der Waals surface area (Å²) in [6, 6.07) is 13.4. The quantitative estimate of drug-likeness (QED) is 0.457. The molecular weight excluding hydrogens is 517 g/mol. The molecule has 1 saturated heterocycles. The van der Waals surface area contributed by atoms with Crippen LogP contribution in [0.4, 0.5) is 18.9 Å². The van der Waals surface area contributed by atoms with Gasteiger partial charge in [-0.05, 0) is 63.7 Å². The first-order valence-corrected chi connectivity index (χ1v) is 14.6. The lowest BCUT2D eigenvalue weighted by Crippen LogP contribution is -2.46. The molecule has 0 amide bonds. The van der Waals surface area contributed by atoms with E-state index in [1.165, 1.54) is 16.4 Å². The second-order valence-electron chi connectivity index (χ2n) is 10.4. The van der Waals surface area contributed by atoms with E-state index in [4.69, 9.17) is 10.5 Å². The van der Waals surface area contributed by atoms with Gasteiger partial charge in [-0.2, -0.15) is 17.5 Å². The van der Waals surface area contributed by atoms with Crippen molar-refractivity contribution in [2.24, 2.45) is 11.7 Å². The normalized spacial score (nSPS) is 23.7. The first-order valence-electron chi connectivity index (χ1n) is 13.0. The number of nitrogens with two attached hydrogens (primary N) is 1. The molecule has 2 aliphatic rings. The lowest BCUT2D eigenvalue weighted by molar-refractivity contribution is -0.138. The Kier molecular flexibility index (Phi) is 9.03. The van der Waals surface area contributed by atoms with E-state index in [-0.39, 0.29) is 37.3 Å². The van der Waals surface area contributed by atoms with Gasteiger partial charge >= 0.3 is 6.18 Å². The summed E-state index contributed by atoms with van der Waals surface area (Å²) in [7, 11) is 0.215. The van der Waals surface area contributed by atoms with Crippen molar-refractivity contribution in [2.75, 3.05) is 51.3 Å². The van der Waals surface area contributed by atoms with Crippen LogP contribution in [-0.2, 0) is 20.9 Å². The second kappa shape index (κ2) is 11.9. The number of ether oxygens (including phenoxy) is 1. The molecule has 11 heteroatoms. The molecule has 2 heterocycles. The van der Waals surface area contributed by atoms with Crippen LogP contribution in [0.1, 0.15) is 48.1 Å². The predicted molar refractivity (Wildman–Crippen MR) is 142 cm³/mol. The lowest BCUT2D eigenvalue weighted by atomic mass is 9.76. The van der Waals surface area contributed by atoms with Gasteiger partial charge in [-0.1, -0.05) is 30.3 Å². The van der Waals surface area contributed by atoms with E-state index in [0.29, 0.717) is 37.1 Å². The van der Waals surface area contributed by atoms with Crippen molar-refractivity contribution < 1.29 is 26.3 Å². The van der Waals surface area contributed by atoms with Crippen molar-refractivity contribution in [3.05, 3.63) is 65.2 Å². The summed E-state index contributed by atoms with van der Waals surface area (Å²) in [6.45, 7) is 1.11. The maximum Gasteiger partial charge on any atom is 0.416 e. The molecule has 0 unspecified atom stereocenters. The number of nitrogens with zero attached hydrogens (tertiary/aromatic N) is 2. The van der Waals surface area contributed by atoms with E-state index in [1.54, 1.807) is 0 Å². The Bertz CT molecular complexity index is 1180. The van der Waals surface area contributed by atoms with E-state index in [2.05, 4.69) is 5.32 Å². The minimum absolute atomic E-state index is 0.00172. The molecule has 7 nitrogen and oxygen atoms in total. The summed E-state index contributed by atoms with van der Waals surface area (Å²) >= 11 is 0. The van der Waals surface area contributed by atoms with Crippen molar-refractivity contribution in [3.63, 3.8) is 0 Å². The fourth-order valence-electron chi connectivity index (χ4n) is 5.46. The van der Waals surface area contributed by atoms with Gasteiger partial charge < -0.3 is 20.7 Å². The first kappa shape index (κ1) is 28.8. The highest BCUT2D eigenvalue weighted by Gasteiger charge is 2.44. The van der Waals surface area contributed by atoms with Gasteiger partial charge in [-0.25, -0.2) is 8.42 Å². The lowest BCUT2D eigenvalue weighted by Gasteiger charge is -2.46. The maximum atomic E-state index is 13.6. The largest absolute Gasteiger partial charge is 0.416 e. The van der Waals surface area contributed by atoms with Gasteiger partial charge in [-0.15, -0.1) is 0 Å². The summed E-state index contributed by atoms with van der Waals surface area (Å²) in [5, 5.41) is 3.45. The summed E-state index contributed by atoms with van der Waals surface area (Å²) < 4.78 is 74.9. The molecule has 38 heavy (non-hydrogen) atoms. The molecule has 0 saturated carbocycles. The molecule has 210 valence electrons. The standard InChI is InChI=1S/C27H37F3N4O3S/c1-33(2)14-6-16-38(35,36)34(15-13-31)18-21-10-11-22-25(19-7-4-3-5-8-19)32-24-12-9-20(27(28,29)30)17-23(24)26(22)37-21/h3-5,7-9,12,17,21-22,25-26,32H,6,10-11,13-16,18,31H2,1-2H3/t21-,22+,25+,26+/m1/s1. The van der Waals surface area contributed by atoms with E-state index in [0.717, 1.165) is 11.6 Å². The van der Waals surface area contributed by atoms with Gasteiger partial charge in [0.25, 0.3) is 0 Å². The number of fused-ring (bicyclic) bond motifs is 3. The first-order chi connectivity index (χ1) is 18.0. The summed E-state index contributed by atoms with van der Waals surface area (Å²) in [4.78, 5) is 1.93. The third-order valence-corrected chi connectivity index (χ3v) is 9.24. The second-order valence-corrected chi connectivity index (χ2v) is 12.5. The van der Waals surface area contributed by atoms with Crippen LogP contribution in [0.15, 0.2) is 48.5 Å². The van der Waals surface area contributed by atoms with Crippen LogP contribution in [-0.4, -0.2) is 69.8 Å². The van der Waals surface area contributed by atoms with E-state index in [9.17, 15) is 21.6 Å². The van der Waals surface area contributed by atoms with Gasteiger partial charge in [0.1, 0.15) is 0 Å². The molecule has 0 spiro atoms. The number of benzene rings is 2. The van der Waals surface area contributed by atoms with Gasteiger partial charge in [0.05, 0.1) is 29.6 Å². The molecule has 4 rings (SSSR count). The van der Waals surface area contributed by atoms with E-state index >= 15 is 0 Å². The van der Waals surface area contributed by atoms with E-state index < -0.39 is 34.0 Å². The number of hydrogen-bond donors (Lipinski definition) is 2. The number of anilines is 1. The molecule has 2 aliphatic heterocycles. The highest BCUT2D eigenvalue weighted by atomic mass is 32.2. The van der Waals surface area contributed by atoms with Crippen LogP contribution in [0.2, 0.25) is 0 Å². The average molecular weight is 555 g/mol. The topological polar surface area (TPSA) is 87.9 Å². The number of hydrogen-bond acceptors (Lipinski definition) is 6. The minimum atomic E-state index is -4.48. The van der Waals surface area contributed by atoms with Gasteiger partial charge in [0.15, 0.2) is 0 Å². The fraction of sp³-hybridized carbons (Fsp3) is 0.556. The summed E-state index contributed by atoms with van der Waals surface area (Å²) in [5.41, 5.74) is 7.11. The molecule has 2 aromatic carbocycles. The number of rotatable bonds is 10. The Balaban J connectivity index is 1.60. The van der Waals surface area contributed by atoms with Crippen molar-refractivity contribution in [1.29, 1.82) is 0 Å². The third kappa shape index (κ3) is 6.69. The monoisotopic (exact) mass is 554 g/mol. The summed E-state index contributed by atoms with van der Waals surface area (Å²) in [5.74, 6) is -0.105. The van der Waals surface area contributed by atoms with Crippen LogP contribution in [0.3, 0.4) is 0 Å². The zero-order valence-corrected chi connectivity index (χ0v) is 22.6. The van der Waals surface area contributed by atoms with Gasteiger partial charge in [-0.3, -0.25) is 0 Å². The van der Waals surface area contributed by atoms with Crippen LogP contribution >= 0.6 is 0 Å². The van der Waals surface area contributed by atoms with Crippen molar-refractivity contribution >= 4 is 15.7 Å². The SMILES string of the molecule is CN(C)CCCS(=O)(=O)N(CCN)C[C@H]1CC[C@@H]2[C@H](O1)c1cc(C(F)(F)F)ccc1N[C@H]2c1ccccc1. The van der Waals surface area contributed by atoms with Crippen LogP contribution in [0.25, 0.3) is 0 Å². The van der Waals surface area contributed by atoms with E-state index in [1.807, 2.05) is 49.3 Å². The number of halogens is 3. The molecular formula is C27H37F3N4O3S. The Morgan fingerprint density at radius 1 is 1.08 bits per heavy atom. The number of alkyl halides is 3. The van der Waals surface area contributed by atoms with Crippen LogP contribution in [0.5, 0.6) is 0 Å². The molecule has 0 aromatic heterocycles. The molecule has 1 fully saturated rings. The zero-order valence-electron chi connectivity index (χ0n) is 21.8. The molecule has 0 aliphatic carbocycles. The highest BCUT2D eigenvalue weighted by Crippen LogP contribution is 2.51. The Morgan fingerprint density at radius 2 is 1.82 bits per heavy atom. The molecule has 3 N–H and O–H groups in total. The molecule has 4 atom stereocenters. The van der Waals surface area contributed by atoms with Crippen molar-refractivity contribution in [2.45, 2.75) is 43.7 Å². The van der Waals surface area contributed by atoms with Gasteiger partial charge in [0, 0.05) is 36.8 Å². The van der Waals surface area contributed by atoms with Crippen molar-refractivity contribution in [1.82, 2.24) is 9.21 Å². The van der Waals surface area contributed by atoms with Gasteiger partial charge in [0.2, 0.25) is 10.0 Å². The average Bonchev–Trinajstić information content (AvgIpc) is 2.87. The third-order valence-electron chi connectivity index (χ3n) is 7.32. The number of sulfonamides is 1. The smallest absolute Gasteiger partial charge is 0.378 e. The Labute approximate surface area is 223 Å².